The minimum Gasteiger partial charge on any atom is -0.398 e. The maximum Gasteiger partial charge on any atom is 0.265 e. The number of nitrogen functional groups attached to an aromatic ring is 1. The summed E-state index contributed by atoms with van der Waals surface area (Å²) in [6.07, 6.45) is -2.90. The third-order valence-electron chi connectivity index (χ3n) is 1.51. The lowest BCUT2D eigenvalue weighted by Crippen LogP contribution is -1.98. The van der Waals surface area contributed by atoms with Crippen LogP contribution in [0.15, 0.2) is 12.1 Å². The van der Waals surface area contributed by atoms with Gasteiger partial charge in [0.2, 0.25) is 0 Å². The van der Waals surface area contributed by atoms with Gasteiger partial charge in [-0.05, 0) is 12.1 Å². The average molecular weight is 186 g/mol. The molecule has 0 aliphatic carbocycles. The van der Waals surface area contributed by atoms with E-state index in [0.29, 0.717) is 6.07 Å². The zero-order valence-corrected chi connectivity index (χ0v) is 6.39. The summed E-state index contributed by atoms with van der Waals surface area (Å²) < 4.78 is 37.0. The Morgan fingerprint density at radius 2 is 2.00 bits per heavy atom. The number of halogens is 3. The number of hydrogen-bond acceptors (Lipinski definition) is 2. The van der Waals surface area contributed by atoms with Gasteiger partial charge in [-0.1, -0.05) is 0 Å². The molecule has 0 atom stereocenters. The van der Waals surface area contributed by atoms with E-state index in [1.54, 1.807) is 0 Å². The number of nitriles is 1. The second-order valence-electron chi connectivity index (χ2n) is 2.37. The number of nitrogens with two attached hydrogens (primary N) is 1. The molecule has 0 saturated carbocycles. The molecule has 0 radical (unpaired) electrons. The van der Waals surface area contributed by atoms with Gasteiger partial charge in [-0.3, -0.25) is 0 Å². The molecule has 0 amide bonds. The van der Waals surface area contributed by atoms with Crippen molar-refractivity contribution in [2.75, 3.05) is 5.73 Å². The molecule has 1 aromatic carbocycles. The second kappa shape index (κ2) is 3.35. The van der Waals surface area contributed by atoms with E-state index < -0.39 is 17.8 Å². The van der Waals surface area contributed by atoms with Crippen LogP contribution < -0.4 is 5.73 Å². The summed E-state index contributed by atoms with van der Waals surface area (Å²) in [4.78, 5) is 0. The summed E-state index contributed by atoms with van der Waals surface area (Å²) in [6, 6.07) is 2.95. The Morgan fingerprint density at radius 3 is 2.46 bits per heavy atom. The Kier molecular flexibility index (Phi) is 2.42. The summed E-state index contributed by atoms with van der Waals surface area (Å²) in [6.45, 7) is 0. The van der Waals surface area contributed by atoms with Gasteiger partial charge in [0.25, 0.3) is 6.43 Å². The van der Waals surface area contributed by atoms with E-state index >= 15 is 0 Å². The molecule has 0 spiro atoms. The van der Waals surface area contributed by atoms with Gasteiger partial charge >= 0.3 is 0 Å². The van der Waals surface area contributed by atoms with Crippen LogP contribution in [0, 0.1) is 17.1 Å². The highest BCUT2D eigenvalue weighted by Crippen LogP contribution is 2.27. The minimum atomic E-state index is -2.90. The highest BCUT2D eigenvalue weighted by molar-refractivity contribution is 5.58. The first kappa shape index (κ1) is 9.39. The molecule has 0 aliphatic rings. The van der Waals surface area contributed by atoms with E-state index in [1.165, 1.54) is 6.07 Å². The maximum absolute atomic E-state index is 12.6. The zero-order valence-electron chi connectivity index (χ0n) is 6.39. The van der Waals surface area contributed by atoms with Crippen LogP contribution in [0.1, 0.15) is 17.6 Å². The van der Waals surface area contributed by atoms with Crippen molar-refractivity contribution >= 4 is 5.69 Å². The summed E-state index contributed by atoms with van der Waals surface area (Å²) >= 11 is 0. The minimum absolute atomic E-state index is 0.266. The lowest BCUT2D eigenvalue weighted by molar-refractivity contribution is 0.150. The fourth-order valence-electron chi connectivity index (χ4n) is 0.951. The third kappa shape index (κ3) is 1.72. The van der Waals surface area contributed by atoms with Crippen molar-refractivity contribution in [2.24, 2.45) is 0 Å². The summed E-state index contributed by atoms with van der Waals surface area (Å²) in [5.74, 6) is -0.869. The first-order valence-corrected chi connectivity index (χ1v) is 3.33. The Hall–Kier alpha value is -1.70. The molecule has 1 aromatic rings. The molecule has 13 heavy (non-hydrogen) atoms. The van der Waals surface area contributed by atoms with E-state index in [1.807, 2.05) is 0 Å². The van der Waals surface area contributed by atoms with Crippen LogP contribution in [0.3, 0.4) is 0 Å². The molecule has 0 saturated heterocycles. The predicted octanol–water partition coefficient (Wildman–Crippen LogP) is 2.22. The molecule has 0 fully saturated rings. The highest BCUT2D eigenvalue weighted by Gasteiger charge is 2.16. The van der Waals surface area contributed by atoms with Gasteiger partial charge in [0.05, 0.1) is 11.3 Å². The molecule has 0 heterocycles. The molecule has 0 aliphatic heterocycles. The first-order valence-electron chi connectivity index (χ1n) is 3.33. The maximum atomic E-state index is 12.6. The number of alkyl halides is 2. The van der Waals surface area contributed by atoms with Crippen molar-refractivity contribution < 1.29 is 13.2 Å². The molecule has 68 valence electrons. The average Bonchev–Trinajstić information content (AvgIpc) is 2.02. The number of nitrogens with zero attached hydrogens (tertiary/aromatic N) is 1. The van der Waals surface area contributed by atoms with Crippen LogP contribution in [-0.2, 0) is 0 Å². The van der Waals surface area contributed by atoms with Gasteiger partial charge in [0.15, 0.2) is 0 Å². The smallest absolute Gasteiger partial charge is 0.265 e. The Bertz CT molecular complexity index is 368. The van der Waals surface area contributed by atoms with Gasteiger partial charge < -0.3 is 5.73 Å². The largest absolute Gasteiger partial charge is 0.398 e. The highest BCUT2D eigenvalue weighted by atomic mass is 19.3. The lowest BCUT2D eigenvalue weighted by Gasteiger charge is -2.04. The standard InChI is InChI=1S/C8H5F3N2/c9-4-1-5(8(10)11)6(3-12)7(13)2-4/h1-2,8H,13H2. The fourth-order valence-corrected chi connectivity index (χ4v) is 0.951. The van der Waals surface area contributed by atoms with Gasteiger partial charge in [-0.15, -0.1) is 0 Å². The van der Waals surface area contributed by atoms with Crippen molar-refractivity contribution in [1.29, 1.82) is 5.26 Å². The summed E-state index contributed by atoms with van der Waals surface area (Å²) in [5, 5.41) is 8.45. The molecule has 0 bridgehead atoms. The van der Waals surface area contributed by atoms with E-state index in [2.05, 4.69) is 0 Å². The molecular formula is C8H5F3N2. The SMILES string of the molecule is N#Cc1c(N)cc(F)cc1C(F)F. The topological polar surface area (TPSA) is 49.8 Å². The molecular weight excluding hydrogens is 181 g/mol. The molecule has 0 unspecified atom stereocenters. The van der Waals surface area contributed by atoms with Crippen molar-refractivity contribution in [2.45, 2.75) is 6.43 Å². The van der Waals surface area contributed by atoms with Crippen molar-refractivity contribution in [3.05, 3.63) is 29.1 Å². The predicted molar refractivity (Wildman–Crippen MR) is 40.5 cm³/mol. The van der Waals surface area contributed by atoms with Crippen LogP contribution in [0.25, 0.3) is 0 Å². The molecule has 0 aromatic heterocycles. The van der Waals surface area contributed by atoms with Crippen molar-refractivity contribution in [1.82, 2.24) is 0 Å². The van der Waals surface area contributed by atoms with Gasteiger partial charge in [-0.25, -0.2) is 13.2 Å². The fraction of sp³-hybridized carbons (Fsp3) is 0.125. The Balaban J connectivity index is 3.41. The van der Waals surface area contributed by atoms with Gasteiger partial charge in [0, 0.05) is 5.56 Å². The van der Waals surface area contributed by atoms with Crippen LogP contribution in [0.2, 0.25) is 0 Å². The number of hydrogen-bond donors (Lipinski definition) is 1. The summed E-state index contributed by atoms with van der Waals surface area (Å²) in [5.41, 5.74) is 3.88. The zero-order chi connectivity index (χ0) is 10.0. The van der Waals surface area contributed by atoms with Gasteiger partial charge in [-0.2, -0.15) is 5.26 Å². The number of benzene rings is 1. The van der Waals surface area contributed by atoms with Crippen LogP contribution >= 0.6 is 0 Å². The van der Waals surface area contributed by atoms with Crippen LogP contribution in [0.4, 0.5) is 18.9 Å². The molecule has 1 rings (SSSR count). The Morgan fingerprint density at radius 1 is 1.38 bits per heavy atom. The third-order valence-corrected chi connectivity index (χ3v) is 1.51. The molecule has 5 heteroatoms. The van der Waals surface area contributed by atoms with Crippen molar-refractivity contribution in [3.8, 4) is 6.07 Å². The molecule has 2 N–H and O–H groups in total. The van der Waals surface area contributed by atoms with E-state index in [9.17, 15) is 13.2 Å². The monoisotopic (exact) mass is 186 g/mol. The second-order valence-corrected chi connectivity index (χ2v) is 2.37. The number of rotatable bonds is 1. The van der Waals surface area contributed by atoms with Crippen LogP contribution in [0.5, 0.6) is 0 Å². The van der Waals surface area contributed by atoms with E-state index in [0.717, 1.165) is 6.07 Å². The summed E-state index contributed by atoms with van der Waals surface area (Å²) in [7, 11) is 0. The van der Waals surface area contributed by atoms with Gasteiger partial charge in [0.1, 0.15) is 11.9 Å². The lowest BCUT2D eigenvalue weighted by atomic mass is 10.1. The normalized spacial score (nSPS) is 10.1. The Labute approximate surface area is 72.4 Å². The van der Waals surface area contributed by atoms with E-state index in [-0.39, 0.29) is 11.3 Å². The number of anilines is 1. The van der Waals surface area contributed by atoms with E-state index in [4.69, 9.17) is 11.0 Å². The first-order chi connectivity index (χ1) is 6.06. The quantitative estimate of drug-likeness (QED) is 0.683. The van der Waals surface area contributed by atoms with Crippen molar-refractivity contribution in [3.63, 3.8) is 0 Å². The molecule has 2 nitrogen and oxygen atoms in total. The van der Waals surface area contributed by atoms with Crippen LogP contribution in [-0.4, -0.2) is 0 Å².